The van der Waals surface area contributed by atoms with E-state index in [9.17, 15) is 5.11 Å². The molecule has 2 atom stereocenters. The van der Waals surface area contributed by atoms with Crippen LogP contribution in [-0.4, -0.2) is 65.6 Å². The zero-order chi connectivity index (χ0) is 9.14. The van der Waals surface area contributed by atoms with Gasteiger partial charge in [0.15, 0.2) is 0 Å². The Morgan fingerprint density at radius 1 is 1.50 bits per heavy atom. The van der Waals surface area contributed by atoms with Crippen LogP contribution < -0.4 is 0 Å². The van der Waals surface area contributed by atoms with Crippen LogP contribution in [0.5, 0.6) is 0 Å². The Labute approximate surface area is 73.4 Å². The molecule has 1 heterocycles. The molecule has 0 aromatic heterocycles. The van der Waals surface area contributed by atoms with E-state index >= 15 is 0 Å². The van der Waals surface area contributed by atoms with Crippen molar-refractivity contribution >= 4 is 0 Å². The monoisotopic (exact) mass is 174 g/mol. The normalized spacial score (nSPS) is 30.5. The Hall–Kier alpha value is -0.160. The van der Waals surface area contributed by atoms with Crippen LogP contribution in [0.25, 0.3) is 0 Å². The Morgan fingerprint density at radius 3 is 2.67 bits per heavy atom. The van der Waals surface area contributed by atoms with E-state index in [0.29, 0.717) is 0 Å². The highest BCUT2D eigenvalue weighted by Crippen LogP contribution is 2.10. The van der Waals surface area contributed by atoms with Crippen LogP contribution in [0.15, 0.2) is 0 Å². The summed E-state index contributed by atoms with van der Waals surface area (Å²) >= 11 is 0. The van der Waals surface area contributed by atoms with Crippen LogP contribution in [0.2, 0.25) is 0 Å². The lowest BCUT2D eigenvalue weighted by atomic mass is 10.2. The van der Waals surface area contributed by atoms with E-state index < -0.39 is 6.23 Å². The minimum absolute atomic E-state index is 0.0868. The van der Waals surface area contributed by atoms with Gasteiger partial charge in [0, 0.05) is 25.7 Å². The molecule has 2 N–H and O–H groups in total. The molecule has 72 valence electrons. The molecular weight excluding hydrogens is 156 g/mol. The van der Waals surface area contributed by atoms with Crippen molar-refractivity contribution in [3.63, 3.8) is 0 Å². The second-order valence-corrected chi connectivity index (χ2v) is 3.47. The van der Waals surface area contributed by atoms with Crippen molar-refractivity contribution in [2.75, 3.05) is 33.3 Å². The molecule has 0 spiro atoms. The van der Waals surface area contributed by atoms with Gasteiger partial charge in [-0.2, -0.15) is 0 Å². The highest BCUT2D eigenvalue weighted by molar-refractivity contribution is 4.80. The van der Waals surface area contributed by atoms with E-state index in [-0.39, 0.29) is 12.6 Å². The molecule has 0 saturated carbocycles. The maximum Gasteiger partial charge on any atom is 0.104 e. The van der Waals surface area contributed by atoms with Crippen molar-refractivity contribution in [3.8, 4) is 0 Å². The predicted molar refractivity (Wildman–Crippen MR) is 46.8 cm³/mol. The van der Waals surface area contributed by atoms with Gasteiger partial charge in [0.1, 0.15) is 6.23 Å². The first kappa shape index (κ1) is 9.92. The Morgan fingerprint density at radius 2 is 2.17 bits per heavy atom. The molecule has 4 heteroatoms. The Kier molecular flexibility index (Phi) is 3.46. The molecule has 0 radical (unpaired) electrons. The van der Waals surface area contributed by atoms with E-state index in [1.165, 1.54) is 0 Å². The van der Waals surface area contributed by atoms with Gasteiger partial charge in [-0.3, -0.25) is 4.90 Å². The van der Waals surface area contributed by atoms with Gasteiger partial charge in [0.2, 0.25) is 0 Å². The van der Waals surface area contributed by atoms with Crippen molar-refractivity contribution < 1.29 is 10.2 Å². The van der Waals surface area contributed by atoms with Gasteiger partial charge in [0.05, 0.1) is 6.61 Å². The van der Waals surface area contributed by atoms with E-state index in [2.05, 4.69) is 4.90 Å². The molecule has 1 aliphatic rings. The van der Waals surface area contributed by atoms with Gasteiger partial charge in [-0.1, -0.05) is 0 Å². The summed E-state index contributed by atoms with van der Waals surface area (Å²) in [4.78, 5) is 4.10. The largest absolute Gasteiger partial charge is 0.395 e. The fourth-order valence-electron chi connectivity index (χ4n) is 1.68. The van der Waals surface area contributed by atoms with Crippen LogP contribution in [0.3, 0.4) is 0 Å². The highest BCUT2D eigenvalue weighted by Gasteiger charge is 2.26. The maximum absolute atomic E-state index is 9.36. The SMILES string of the molecule is CC(O)N1CCN(C)CC1CO. The molecule has 0 bridgehead atoms. The summed E-state index contributed by atoms with van der Waals surface area (Å²) < 4.78 is 0. The minimum Gasteiger partial charge on any atom is -0.395 e. The van der Waals surface area contributed by atoms with Crippen molar-refractivity contribution in [3.05, 3.63) is 0 Å². The molecule has 0 aliphatic carbocycles. The van der Waals surface area contributed by atoms with Gasteiger partial charge in [-0.15, -0.1) is 0 Å². The molecule has 0 amide bonds. The average Bonchev–Trinajstić information content (AvgIpc) is 2.03. The molecule has 0 aromatic rings. The third kappa shape index (κ3) is 2.17. The third-order valence-corrected chi connectivity index (χ3v) is 2.42. The Balaban J connectivity index is 2.50. The van der Waals surface area contributed by atoms with Crippen LogP contribution in [0, 0.1) is 0 Å². The second-order valence-electron chi connectivity index (χ2n) is 3.47. The summed E-state index contributed by atoms with van der Waals surface area (Å²) in [5.74, 6) is 0. The van der Waals surface area contributed by atoms with E-state index in [4.69, 9.17) is 5.11 Å². The van der Waals surface area contributed by atoms with Crippen molar-refractivity contribution in [2.24, 2.45) is 0 Å². The number of hydrogen-bond donors (Lipinski definition) is 2. The molecule has 1 fully saturated rings. The number of hydrogen-bond acceptors (Lipinski definition) is 4. The summed E-state index contributed by atoms with van der Waals surface area (Å²) in [6.07, 6.45) is -0.448. The molecule has 4 nitrogen and oxygen atoms in total. The molecule has 1 rings (SSSR count). The van der Waals surface area contributed by atoms with Crippen molar-refractivity contribution in [2.45, 2.75) is 19.2 Å². The average molecular weight is 174 g/mol. The van der Waals surface area contributed by atoms with Crippen LogP contribution in [0.4, 0.5) is 0 Å². The summed E-state index contributed by atoms with van der Waals surface area (Å²) in [6, 6.07) is 0.0868. The van der Waals surface area contributed by atoms with Crippen molar-refractivity contribution in [1.29, 1.82) is 0 Å². The topological polar surface area (TPSA) is 46.9 Å². The van der Waals surface area contributed by atoms with E-state index in [1.54, 1.807) is 6.92 Å². The molecule has 1 saturated heterocycles. The predicted octanol–water partition coefficient (Wildman–Crippen LogP) is -1.07. The first-order valence-electron chi connectivity index (χ1n) is 4.38. The smallest absolute Gasteiger partial charge is 0.104 e. The van der Waals surface area contributed by atoms with Gasteiger partial charge in [0.25, 0.3) is 0 Å². The maximum atomic E-state index is 9.36. The second kappa shape index (κ2) is 4.18. The van der Waals surface area contributed by atoms with Gasteiger partial charge in [-0.25, -0.2) is 0 Å². The molecule has 2 unspecified atom stereocenters. The summed E-state index contributed by atoms with van der Waals surface area (Å²) in [5.41, 5.74) is 0. The Bertz CT molecular complexity index is 141. The van der Waals surface area contributed by atoms with Crippen LogP contribution in [0.1, 0.15) is 6.92 Å². The zero-order valence-electron chi connectivity index (χ0n) is 7.77. The molecule has 0 aromatic carbocycles. The standard InChI is InChI=1S/C8H18N2O2/c1-7(12)10-4-3-9(2)5-8(10)6-11/h7-8,11-12H,3-6H2,1-2H3. The third-order valence-electron chi connectivity index (χ3n) is 2.42. The minimum atomic E-state index is -0.448. The number of aliphatic hydroxyl groups excluding tert-OH is 2. The van der Waals surface area contributed by atoms with Crippen molar-refractivity contribution in [1.82, 2.24) is 9.80 Å². The first-order chi connectivity index (χ1) is 5.65. The lowest BCUT2D eigenvalue weighted by molar-refractivity contribution is -0.0586. The summed E-state index contributed by atoms with van der Waals surface area (Å²) in [7, 11) is 2.03. The lowest BCUT2D eigenvalue weighted by Gasteiger charge is -2.40. The first-order valence-corrected chi connectivity index (χ1v) is 4.38. The van der Waals surface area contributed by atoms with Gasteiger partial charge >= 0.3 is 0 Å². The molecule has 1 aliphatic heterocycles. The number of rotatable bonds is 2. The lowest BCUT2D eigenvalue weighted by Crippen LogP contribution is -2.56. The molecule has 12 heavy (non-hydrogen) atoms. The van der Waals surface area contributed by atoms with Crippen LogP contribution >= 0.6 is 0 Å². The highest BCUT2D eigenvalue weighted by atomic mass is 16.3. The zero-order valence-corrected chi connectivity index (χ0v) is 7.77. The van der Waals surface area contributed by atoms with Gasteiger partial charge < -0.3 is 15.1 Å². The van der Waals surface area contributed by atoms with E-state index in [1.807, 2.05) is 11.9 Å². The van der Waals surface area contributed by atoms with Crippen LogP contribution in [-0.2, 0) is 0 Å². The molecular formula is C8H18N2O2. The fraction of sp³-hybridized carbons (Fsp3) is 1.00. The fourth-order valence-corrected chi connectivity index (χ4v) is 1.68. The number of likely N-dealkylation sites (N-methyl/N-ethyl adjacent to an activating group) is 1. The quantitative estimate of drug-likeness (QED) is 0.560. The number of piperazine rings is 1. The van der Waals surface area contributed by atoms with E-state index in [0.717, 1.165) is 19.6 Å². The summed E-state index contributed by atoms with van der Waals surface area (Å²) in [6.45, 7) is 4.49. The number of aliphatic hydroxyl groups is 2. The summed E-state index contributed by atoms with van der Waals surface area (Å²) in [5, 5.41) is 18.4. The number of nitrogens with zero attached hydrogens (tertiary/aromatic N) is 2. The van der Waals surface area contributed by atoms with Gasteiger partial charge in [-0.05, 0) is 14.0 Å².